The minimum atomic E-state index is 0.520. The number of para-hydroxylation sites is 1. The molecule has 4 rings (SSSR count). The van der Waals surface area contributed by atoms with E-state index in [4.69, 9.17) is 0 Å². The lowest BCUT2D eigenvalue weighted by atomic mass is 10.1. The summed E-state index contributed by atoms with van der Waals surface area (Å²) < 4.78 is 2.36. The molecule has 0 spiro atoms. The van der Waals surface area contributed by atoms with Gasteiger partial charge in [0.05, 0.1) is 16.5 Å². The zero-order valence-corrected chi connectivity index (χ0v) is 15.1. The molecule has 1 aromatic heterocycles. The second-order valence-corrected chi connectivity index (χ2v) is 7.52. The van der Waals surface area contributed by atoms with Gasteiger partial charge in [0.2, 0.25) is 5.52 Å². The first kappa shape index (κ1) is 15.5. The summed E-state index contributed by atoms with van der Waals surface area (Å²) in [6.07, 6.45) is 13.5. The van der Waals surface area contributed by atoms with Crippen LogP contribution in [-0.4, -0.2) is 18.0 Å². The number of fused-ring (bicyclic) bond motifs is 2. The van der Waals surface area contributed by atoms with Gasteiger partial charge in [-0.1, -0.05) is 49.0 Å². The van der Waals surface area contributed by atoms with Crippen molar-refractivity contribution in [2.75, 3.05) is 7.05 Å². The highest BCUT2D eigenvalue weighted by Gasteiger charge is 2.30. The van der Waals surface area contributed by atoms with Crippen LogP contribution in [0.4, 0.5) is 0 Å². The number of likely N-dealkylation sites (N-methyl/N-ethyl adjacent to an activating group) is 1. The van der Waals surface area contributed by atoms with Crippen LogP contribution in [0.3, 0.4) is 0 Å². The van der Waals surface area contributed by atoms with E-state index < -0.39 is 0 Å². The second-order valence-electron chi connectivity index (χ2n) is 6.43. The lowest BCUT2D eigenvalue weighted by molar-refractivity contribution is -0.671. The third kappa shape index (κ3) is 2.67. The van der Waals surface area contributed by atoms with Gasteiger partial charge in [-0.3, -0.25) is 0 Å². The largest absolute Gasteiger partial charge is 0.361 e. The summed E-state index contributed by atoms with van der Waals surface area (Å²) >= 11 is 1.91. The molecule has 2 nitrogen and oxygen atoms in total. The molecule has 0 bridgehead atoms. The van der Waals surface area contributed by atoms with Crippen LogP contribution in [0.15, 0.2) is 64.7 Å². The first-order valence-electron chi connectivity index (χ1n) is 8.68. The highest BCUT2D eigenvalue weighted by atomic mass is 32.2. The van der Waals surface area contributed by atoms with Gasteiger partial charge in [-0.05, 0) is 24.1 Å². The SMILES string of the molecule is CCC[n+]1ccc(C=C2SC3=CC=CCC3N2C)c2ccccc21. The Kier molecular flexibility index (Phi) is 4.19. The predicted octanol–water partition coefficient (Wildman–Crippen LogP) is 4.73. The summed E-state index contributed by atoms with van der Waals surface area (Å²) in [7, 11) is 2.21. The summed E-state index contributed by atoms with van der Waals surface area (Å²) in [4.78, 5) is 3.88. The molecule has 0 saturated carbocycles. The van der Waals surface area contributed by atoms with E-state index in [0.717, 1.165) is 19.4 Å². The molecule has 2 aliphatic rings. The molecule has 1 atom stereocenters. The van der Waals surface area contributed by atoms with Crippen LogP contribution in [0.5, 0.6) is 0 Å². The lowest BCUT2D eigenvalue weighted by Crippen LogP contribution is -2.33. The minimum Gasteiger partial charge on any atom is -0.361 e. The number of nitrogens with zero attached hydrogens (tertiary/aromatic N) is 2. The summed E-state index contributed by atoms with van der Waals surface area (Å²) in [5, 5.41) is 2.67. The van der Waals surface area contributed by atoms with Gasteiger partial charge in [0, 0.05) is 30.5 Å². The minimum absolute atomic E-state index is 0.520. The quantitative estimate of drug-likeness (QED) is 0.749. The number of rotatable bonds is 3. The van der Waals surface area contributed by atoms with Crippen LogP contribution >= 0.6 is 11.8 Å². The van der Waals surface area contributed by atoms with E-state index in [9.17, 15) is 0 Å². The molecular weight excluding hydrogens is 312 g/mol. The second kappa shape index (κ2) is 6.48. The monoisotopic (exact) mass is 335 g/mol. The van der Waals surface area contributed by atoms with Crippen molar-refractivity contribution in [3.05, 3.63) is 70.3 Å². The number of aromatic nitrogens is 1. The highest BCUT2D eigenvalue weighted by molar-refractivity contribution is 8.07. The van der Waals surface area contributed by atoms with E-state index in [-0.39, 0.29) is 0 Å². The van der Waals surface area contributed by atoms with Gasteiger partial charge >= 0.3 is 0 Å². The fraction of sp³-hybridized carbons (Fsp3) is 0.286. The van der Waals surface area contributed by atoms with Crippen LogP contribution < -0.4 is 4.57 Å². The van der Waals surface area contributed by atoms with Crippen molar-refractivity contribution in [1.82, 2.24) is 4.90 Å². The Hall–Kier alpha value is -2.00. The molecule has 1 fully saturated rings. The van der Waals surface area contributed by atoms with Crippen molar-refractivity contribution >= 4 is 28.7 Å². The average Bonchev–Trinajstić information content (AvgIpc) is 2.93. The number of benzene rings is 1. The molecule has 1 unspecified atom stereocenters. The fourth-order valence-electron chi connectivity index (χ4n) is 3.53. The topological polar surface area (TPSA) is 7.12 Å². The first-order valence-corrected chi connectivity index (χ1v) is 9.50. The van der Waals surface area contributed by atoms with Gasteiger partial charge in [-0.15, -0.1) is 0 Å². The Bertz CT molecular complexity index is 863. The molecule has 0 N–H and O–H groups in total. The van der Waals surface area contributed by atoms with Crippen LogP contribution in [-0.2, 0) is 6.54 Å². The summed E-state index contributed by atoms with van der Waals surface area (Å²) in [6.45, 7) is 3.29. The summed E-state index contributed by atoms with van der Waals surface area (Å²) in [5.41, 5.74) is 2.62. The van der Waals surface area contributed by atoms with Crippen molar-refractivity contribution in [3.8, 4) is 0 Å². The maximum atomic E-state index is 2.42. The maximum absolute atomic E-state index is 2.42. The molecule has 0 radical (unpaired) electrons. The molecule has 1 aliphatic carbocycles. The zero-order valence-electron chi connectivity index (χ0n) is 14.3. The lowest BCUT2D eigenvalue weighted by Gasteiger charge is -2.22. The Morgan fingerprint density at radius 3 is 3.00 bits per heavy atom. The van der Waals surface area contributed by atoms with E-state index >= 15 is 0 Å². The molecule has 0 amide bonds. The Balaban J connectivity index is 1.77. The van der Waals surface area contributed by atoms with E-state index in [1.54, 1.807) is 0 Å². The van der Waals surface area contributed by atoms with E-state index in [2.05, 4.69) is 84.3 Å². The normalized spacial score (nSPS) is 21.4. The van der Waals surface area contributed by atoms with E-state index in [1.165, 1.54) is 26.4 Å². The molecule has 2 aromatic rings. The summed E-state index contributed by atoms with van der Waals surface area (Å²) in [6, 6.07) is 11.5. The number of hydrogen-bond acceptors (Lipinski definition) is 2. The third-order valence-electron chi connectivity index (χ3n) is 4.82. The molecule has 122 valence electrons. The Labute approximate surface area is 148 Å². The Morgan fingerprint density at radius 2 is 2.17 bits per heavy atom. The molecule has 1 aliphatic heterocycles. The average molecular weight is 335 g/mol. The number of allylic oxidation sites excluding steroid dienone is 2. The smallest absolute Gasteiger partial charge is 0.213 e. The molecule has 2 heterocycles. The van der Waals surface area contributed by atoms with Crippen molar-refractivity contribution in [1.29, 1.82) is 0 Å². The third-order valence-corrected chi connectivity index (χ3v) is 6.08. The molecule has 24 heavy (non-hydrogen) atoms. The van der Waals surface area contributed by atoms with Gasteiger partial charge in [-0.2, -0.15) is 4.57 Å². The van der Waals surface area contributed by atoms with Crippen LogP contribution in [0.1, 0.15) is 25.3 Å². The van der Waals surface area contributed by atoms with Gasteiger partial charge in [0.25, 0.3) is 0 Å². The molecule has 1 aromatic carbocycles. The maximum Gasteiger partial charge on any atom is 0.213 e. The van der Waals surface area contributed by atoms with Crippen molar-refractivity contribution in [2.24, 2.45) is 0 Å². The molecular formula is C21H23N2S+. The van der Waals surface area contributed by atoms with E-state index in [1.807, 2.05) is 11.8 Å². The van der Waals surface area contributed by atoms with Crippen molar-refractivity contribution < 1.29 is 4.57 Å². The fourth-order valence-corrected chi connectivity index (χ4v) is 4.77. The van der Waals surface area contributed by atoms with Crippen LogP contribution in [0.2, 0.25) is 0 Å². The molecule has 1 saturated heterocycles. The van der Waals surface area contributed by atoms with Crippen LogP contribution in [0, 0.1) is 0 Å². The van der Waals surface area contributed by atoms with Crippen LogP contribution in [0.25, 0.3) is 17.0 Å². The van der Waals surface area contributed by atoms with Gasteiger partial charge in [-0.25, -0.2) is 0 Å². The highest BCUT2D eigenvalue weighted by Crippen LogP contribution is 2.44. The van der Waals surface area contributed by atoms with Gasteiger partial charge in [0.15, 0.2) is 6.20 Å². The van der Waals surface area contributed by atoms with Gasteiger partial charge in [0.1, 0.15) is 6.54 Å². The number of pyridine rings is 1. The zero-order chi connectivity index (χ0) is 16.5. The summed E-state index contributed by atoms with van der Waals surface area (Å²) in [5.74, 6) is 0. The van der Waals surface area contributed by atoms with Crippen molar-refractivity contribution in [2.45, 2.75) is 32.4 Å². The first-order chi connectivity index (χ1) is 11.8. The van der Waals surface area contributed by atoms with E-state index in [0.29, 0.717) is 6.04 Å². The van der Waals surface area contributed by atoms with Crippen molar-refractivity contribution in [3.63, 3.8) is 0 Å². The number of hydrogen-bond donors (Lipinski definition) is 0. The standard InChI is InChI=1S/C21H23N2S/c1-3-13-23-14-12-16(17-8-4-5-9-18(17)23)15-21-22(2)19-10-6-7-11-20(19)24-21/h4-9,11-12,14-15,19H,3,10,13H2,1-2H3/q+1. The van der Waals surface area contributed by atoms with Gasteiger partial charge < -0.3 is 4.90 Å². The number of aryl methyl sites for hydroxylation is 1. The number of thioether (sulfide) groups is 1. The molecule has 3 heteroatoms. The predicted molar refractivity (Wildman–Crippen MR) is 103 cm³/mol. The Morgan fingerprint density at radius 1 is 1.29 bits per heavy atom.